The van der Waals surface area contributed by atoms with Crippen molar-refractivity contribution in [1.82, 2.24) is 9.55 Å². The molecule has 2 heterocycles. The third kappa shape index (κ3) is 1.43. The van der Waals surface area contributed by atoms with Crippen LogP contribution in [0.15, 0.2) is 12.4 Å². The third-order valence-corrected chi connectivity index (χ3v) is 2.92. The largest absolute Gasteiger partial charge is 0.353 e. The van der Waals surface area contributed by atoms with Crippen LogP contribution in [-0.4, -0.2) is 15.6 Å². The van der Waals surface area contributed by atoms with Crippen LogP contribution in [0.2, 0.25) is 0 Å². The van der Waals surface area contributed by atoms with E-state index in [1.807, 2.05) is 6.20 Å². The number of nitrogens with zero attached hydrogens (tertiary/aromatic N) is 2. The van der Waals surface area contributed by atoms with Gasteiger partial charge in [-0.1, -0.05) is 13.8 Å². The molecule has 72 valence electrons. The van der Waals surface area contributed by atoms with E-state index in [-0.39, 0.29) is 0 Å². The van der Waals surface area contributed by atoms with Gasteiger partial charge in [0, 0.05) is 24.5 Å². The number of hydrogen-bond donors (Lipinski definition) is 1. The van der Waals surface area contributed by atoms with Crippen molar-refractivity contribution in [3.05, 3.63) is 12.4 Å². The van der Waals surface area contributed by atoms with Gasteiger partial charge in [-0.3, -0.25) is 0 Å². The van der Waals surface area contributed by atoms with Gasteiger partial charge in [0.05, 0.1) is 0 Å². The lowest BCUT2D eigenvalue weighted by Gasteiger charge is -2.31. The number of aromatic nitrogens is 2. The molecule has 1 aliphatic rings. The average Bonchev–Trinajstić information content (AvgIpc) is 2.63. The Bertz CT molecular complexity index is 279. The first-order valence-corrected chi connectivity index (χ1v) is 5.14. The van der Waals surface area contributed by atoms with Crippen molar-refractivity contribution in [2.24, 2.45) is 0 Å². The number of hydrogen-bond acceptors (Lipinski definition) is 2. The van der Waals surface area contributed by atoms with E-state index < -0.39 is 0 Å². The second-order valence-electron chi connectivity index (χ2n) is 3.71. The molecule has 2 rings (SSSR count). The normalized spacial score (nSPS) is 26.6. The molecule has 3 nitrogen and oxygen atoms in total. The second kappa shape index (κ2) is 3.40. The summed E-state index contributed by atoms with van der Waals surface area (Å²) >= 11 is 0. The quantitative estimate of drug-likeness (QED) is 0.755. The molecule has 0 saturated heterocycles. The average molecular weight is 179 g/mol. The number of fused-ring (bicyclic) bond motifs is 1. The summed E-state index contributed by atoms with van der Waals surface area (Å²) in [6.07, 6.45) is 7.56. The maximum Gasteiger partial charge on any atom is 0.203 e. The molecule has 1 aliphatic heterocycles. The highest BCUT2D eigenvalue weighted by atomic mass is 15.2. The molecular formula is C10H17N3. The van der Waals surface area contributed by atoms with Crippen molar-refractivity contribution < 1.29 is 0 Å². The molecule has 0 spiro atoms. The lowest BCUT2D eigenvalue weighted by Crippen LogP contribution is -2.31. The van der Waals surface area contributed by atoms with Gasteiger partial charge < -0.3 is 9.88 Å². The first-order valence-electron chi connectivity index (χ1n) is 5.14. The SMILES string of the molecule is CCC1CC(CC)n2ccnc2N1. The first kappa shape index (κ1) is 8.60. The summed E-state index contributed by atoms with van der Waals surface area (Å²) in [7, 11) is 0. The van der Waals surface area contributed by atoms with Gasteiger partial charge in [-0.05, 0) is 19.3 Å². The molecule has 1 N–H and O–H groups in total. The monoisotopic (exact) mass is 179 g/mol. The van der Waals surface area contributed by atoms with Crippen LogP contribution >= 0.6 is 0 Å². The Labute approximate surface area is 79.2 Å². The Balaban J connectivity index is 2.25. The summed E-state index contributed by atoms with van der Waals surface area (Å²) < 4.78 is 2.26. The minimum absolute atomic E-state index is 0.611. The van der Waals surface area contributed by atoms with Crippen molar-refractivity contribution in [3.63, 3.8) is 0 Å². The Morgan fingerprint density at radius 2 is 2.38 bits per heavy atom. The summed E-state index contributed by atoms with van der Waals surface area (Å²) in [5.41, 5.74) is 0. The highest BCUT2D eigenvalue weighted by Crippen LogP contribution is 2.29. The van der Waals surface area contributed by atoms with E-state index >= 15 is 0 Å². The van der Waals surface area contributed by atoms with Crippen LogP contribution in [0.5, 0.6) is 0 Å². The Morgan fingerprint density at radius 1 is 1.54 bits per heavy atom. The molecule has 3 heteroatoms. The smallest absolute Gasteiger partial charge is 0.203 e. The highest BCUT2D eigenvalue weighted by molar-refractivity contribution is 5.31. The van der Waals surface area contributed by atoms with Gasteiger partial charge in [-0.15, -0.1) is 0 Å². The number of anilines is 1. The van der Waals surface area contributed by atoms with Crippen LogP contribution in [-0.2, 0) is 0 Å². The molecule has 0 fully saturated rings. The molecule has 1 aromatic rings. The van der Waals surface area contributed by atoms with Crippen LogP contribution in [0.1, 0.15) is 39.2 Å². The fraction of sp³-hybridized carbons (Fsp3) is 0.700. The molecule has 0 aliphatic carbocycles. The van der Waals surface area contributed by atoms with Crippen LogP contribution in [0.4, 0.5) is 5.95 Å². The van der Waals surface area contributed by atoms with Gasteiger partial charge in [0.15, 0.2) is 0 Å². The van der Waals surface area contributed by atoms with Gasteiger partial charge in [-0.25, -0.2) is 4.98 Å². The van der Waals surface area contributed by atoms with Gasteiger partial charge >= 0.3 is 0 Å². The van der Waals surface area contributed by atoms with E-state index in [2.05, 4.69) is 34.9 Å². The Hall–Kier alpha value is -0.990. The van der Waals surface area contributed by atoms with Crippen LogP contribution < -0.4 is 5.32 Å². The van der Waals surface area contributed by atoms with Crippen molar-refractivity contribution >= 4 is 5.95 Å². The third-order valence-electron chi connectivity index (χ3n) is 2.92. The zero-order valence-corrected chi connectivity index (χ0v) is 8.33. The molecule has 2 unspecified atom stereocenters. The van der Waals surface area contributed by atoms with E-state index in [0.29, 0.717) is 12.1 Å². The number of nitrogens with one attached hydrogen (secondary N) is 1. The van der Waals surface area contributed by atoms with Crippen LogP contribution in [0, 0.1) is 0 Å². The second-order valence-corrected chi connectivity index (χ2v) is 3.71. The maximum atomic E-state index is 4.30. The van der Waals surface area contributed by atoms with E-state index in [4.69, 9.17) is 0 Å². The first-order chi connectivity index (χ1) is 6.35. The predicted molar refractivity (Wildman–Crippen MR) is 53.9 cm³/mol. The topological polar surface area (TPSA) is 29.9 Å². The minimum Gasteiger partial charge on any atom is -0.353 e. The summed E-state index contributed by atoms with van der Waals surface area (Å²) in [4.78, 5) is 4.30. The van der Waals surface area contributed by atoms with Crippen molar-refractivity contribution in [3.8, 4) is 0 Å². The van der Waals surface area contributed by atoms with E-state index in [1.54, 1.807) is 0 Å². The van der Waals surface area contributed by atoms with Crippen molar-refractivity contribution in [1.29, 1.82) is 0 Å². The summed E-state index contributed by atoms with van der Waals surface area (Å²) in [5, 5.41) is 3.44. The summed E-state index contributed by atoms with van der Waals surface area (Å²) in [5.74, 6) is 1.05. The standard InChI is InChI=1S/C10H17N3/c1-3-8-7-9(4-2)13-6-5-11-10(13)12-8/h5-6,8-9H,3-4,7H2,1-2H3,(H,11,12). The molecule has 2 atom stereocenters. The molecule has 1 aromatic heterocycles. The zero-order valence-electron chi connectivity index (χ0n) is 8.33. The Morgan fingerprint density at radius 3 is 3.08 bits per heavy atom. The molecule has 0 saturated carbocycles. The highest BCUT2D eigenvalue weighted by Gasteiger charge is 2.23. The van der Waals surface area contributed by atoms with E-state index in [1.165, 1.54) is 19.3 Å². The minimum atomic E-state index is 0.611. The molecule has 13 heavy (non-hydrogen) atoms. The molecule has 0 radical (unpaired) electrons. The van der Waals surface area contributed by atoms with Crippen molar-refractivity contribution in [2.45, 2.75) is 45.2 Å². The van der Waals surface area contributed by atoms with E-state index in [0.717, 1.165) is 5.95 Å². The lowest BCUT2D eigenvalue weighted by atomic mass is 10.0. The molecule has 0 aromatic carbocycles. The molecule has 0 amide bonds. The zero-order chi connectivity index (χ0) is 9.26. The van der Waals surface area contributed by atoms with E-state index in [9.17, 15) is 0 Å². The number of rotatable bonds is 2. The Kier molecular flexibility index (Phi) is 2.25. The molecule has 0 bridgehead atoms. The van der Waals surface area contributed by atoms with Gasteiger partial charge in [0.2, 0.25) is 5.95 Å². The number of imidazole rings is 1. The van der Waals surface area contributed by atoms with Gasteiger partial charge in [0.25, 0.3) is 0 Å². The lowest BCUT2D eigenvalue weighted by molar-refractivity contribution is 0.391. The van der Waals surface area contributed by atoms with Crippen LogP contribution in [0.25, 0.3) is 0 Å². The summed E-state index contributed by atoms with van der Waals surface area (Å²) in [6.45, 7) is 4.47. The fourth-order valence-corrected chi connectivity index (χ4v) is 2.04. The fourth-order valence-electron chi connectivity index (χ4n) is 2.04. The maximum absolute atomic E-state index is 4.30. The van der Waals surface area contributed by atoms with Gasteiger partial charge in [0.1, 0.15) is 0 Å². The molecular weight excluding hydrogens is 162 g/mol. The van der Waals surface area contributed by atoms with Crippen molar-refractivity contribution in [2.75, 3.05) is 5.32 Å². The van der Waals surface area contributed by atoms with Crippen LogP contribution in [0.3, 0.4) is 0 Å². The van der Waals surface area contributed by atoms with Gasteiger partial charge in [-0.2, -0.15) is 0 Å². The predicted octanol–water partition coefficient (Wildman–Crippen LogP) is 2.43. The summed E-state index contributed by atoms with van der Waals surface area (Å²) in [6, 6.07) is 1.25.